The second kappa shape index (κ2) is 9.92. The van der Waals surface area contributed by atoms with Crippen molar-refractivity contribution >= 4 is 33.5 Å². The quantitative estimate of drug-likeness (QED) is 0.333. The van der Waals surface area contributed by atoms with Crippen LogP contribution in [-0.2, 0) is 6.61 Å². The lowest BCUT2D eigenvalue weighted by Crippen LogP contribution is -2.00. The van der Waals surface area contributed by atoms with Gasteiger partial charge in [-0.15, -0.1) is 0 Å². The monoisotopic (exact) mass is 481 g/mol. The van der Waals surface area contributed by atoms with Gasteiger partial charge >= 0.3 is 5.97 Å². The smallest absolute Gasteiger partial charge is 0.335 e. The second-order valence-electron chi connectivity index (χ2n) is 6.46. The molecule has 0 unspecified atom stereocenters. The van der Waals surface area contributed by atoms with Gasteiger partial charge in [0, 0.05) is 10.0 Å². The first-order valence-electron chi connectivity index (χ1n) is 9.12. The average Bonchev–Trinajstić information content (AvgIpc) is 2.78. The molecule has 0 aliphatic carbocycles. The number of ether oxygens (including phenoxy) is 2. The molecule has 0 fully saturated rings. The lowest BCUT2D eigenvalue weighted by Gasteiger charge is -2.13. The first kappa shape index (κ1) is 22.1. The largest absolute Gasteiger partial charge is 0.493 e. The van der Waals surface area contributed by atoms with E-state index in [0.29, 0.717) is 38.2 Å². The summed E-state index contributed by atoms with van der Waals surface area (Å²) in [5.41, 5.74) is 2.15. The fourth-order valence-electron chi connectivity index (χ4n) is 2.83. The molecule has 31 heavy (non-hydrogen) atoms. The summed E-state index contributed by atoms with van der Waals surface area (Å²) in [5.74, 6) is -0.552. The van der Waals surface area contributed by atoms with Gasteiger partial charge in [0.25, 0.3) is 0 Å². The fraction of sp³-hybridized carbons (Fsp3) is 0.0833. The molecule has 0 aliphatic rings. The molecule has 5 nitrogen and oxygen atoms in total. The molecule has 0 spiro atoms. The maximum atomic E-state index is 13.8. The highest BCUT2D eigenvalue weighted by Crippen LogP contribution is 2.36. The Morgan fingerprint density at radius 3 is 2.42 bits per heavy atom. The number of nitriles is 1. The highest BCUT2D eigenvalue weighted by atomic mass is 79.9. The van der Waals surface area contributed by atoms with E-state index in [1.807, 2.05) is 0 Å². The van der Waals surface area contributed by atoms with E-state index in [4.69, 9.17) is 14.6 Å². The minimum absolute atomic E-state index is 0.0318. The van der Waals surface area contributed by atoms with Crippen molar-refractivity contribution in [1.82, 2.24) is 0 Å². The van der Waals surface area contributed by atoms with Crippen molar-refractivity contribution in [2.75, 3.05) is 7.11 Å². The predicted molar refractivity (Wildman–Crippen MR) is 118 cm³/mol. The zero-order chi connectivity index (χ0) is 22.4. The number of hydrogen-bond acceptors (Lipinski definition) is 4. The molecule has 3 rings (SSSR count). The molecule has 0 aliphatic heterocycles. The highest BCUT2D eigenvalue weighted by Gasteiger charge is 2.12. The number of methoxy groups -OCH3 is 1. The number of carboxylic acid groups (broad SMARTS) is 1. The number of aromatic carboxylic acids is 1. The second-order valence-corrected chi connectivity index (χ2v) is 7.31. The Morgan fingerprint density at radius 1 is 1.13 bits per heavy atom. The Kier molecular flexibility index (Phi) is 7.06. The number of allylic oxidation sites excluding steroid dienone is 1. The van der Waals surface area contributed by atoms with Gasteiger partial charge in [-0.25, -0.2) is 9.18 Å². The number of hydrogen-bond donors (Lipinski definition) is 1. The number of nitrogens with zero attached hydrogens (tertiary/aromatic N) is 1. The van der Waals surface area contributed by atoms with Crippen LogP contribution in [0.5, 0.6) is 11.5 Å². The Bertz CT molecular complexity index is 1180. The molecule has 0 saturated heterocycles. The van der Waals surface area contributed by atoms with E-state index in [1.165, 1.54) is 25.3 Å². The SMILES string of the molecule is COc1cc(/C=C(/C#N)c2ccc(C(=O)O)cc2)c(Br)cc1OCc1ccccc1F. The molecule has 0 bridgehead atoms. The molecule has 0 heterocycles. The van der Waals surface area contributed by atoms with E-state index in [1.54, 1.807) is 48.5 Å². The van der Waals surface area contributed by atoms with E-state index in [9.17, 15) is 14.4 Å². The first-order valence-corrected chi connectivity index (χ1v) is 9.91. The third-order valence-corrected chi connectivity index (χ3v) is 5.17. The summed E-state index contributed by atoms with van der Waals surface area (Å²) in [6.45, 7) is 0.0318. The summed E-state index contributed by atoms with van der Waals surface area (Å²) in [6, 6.07) is 17.9. The van der Waals surface area contributed by atoms with Gasteiger partial charge in [0.05, 0.1) is 24.3 Å². The van der Waals surface area contributed by atoms with E-state index < -0.39 is 5.97 Å². The number of rotatable bonds is 7. The normalized spacial score (nSPS) is 11.0. The van der Waals surface area contributed by atoms with Crippen LogP contribution in [0.25, 0.3) is 11.6 Å². The lowest BCUT2D eigenvalue weighted by atomic mass is 10.0. The minimum Gasteiger partial charge on any atom is -0.493 e. The summed E-state index contributed by atoms with van der Waals surface area (Å²) >= 11 is 3.47. The van der Waals surface area contributed by atoms with Crippen molar-refractivity contribution in [3.8, 4) is 17.6 Å². The van der Waals surface area contributed by atoms with Gasteiger partial charge in [0.2, 0.25) is 0 Å². The Labute approximate surface area is 187 Å². The third kappa shape index (κ3) is 5.30. The summed E-state index contributed by atoms with van der Waals surface area (Å²) in [4.78, 5) is 11.0. The Morgan fingerprint density at radius 2 is 1.81 bits per heavy atom. The third-order valence-electron chi connectivity index (χ3n) is 4.49. The van der Waals surface area contributed by atoms with Crippen LogP contribution in [-0.4, -0.2) is 18.2 Å². The molecule has 0 saturated carbocycles. The van der Waals surface area contributed by atoms with Crippen LogP contribution in [0.2, 0.25) is 0 Å². The van der Waals surface area contributed by atoms with Crippen LogP contribution < -0.4 is 9.47 Å². The van der Waals surface area contributed by atoms with E-state index >= 15 is 0 Å². The number of benzene rings is 3. The highest BCUT2D eigenvalue weighted by molar-refractivity contribution is 9.10. The summed E-state index contributed by atoms with van der Waals surface area (Å²) in [5, 5.41) is 18.6. The molecule has 0 amide bonds. The summed E-state index contributed by atoms with van der Waals surface area (Å²) < 4.78 is 25.6. The number of halogens is 2. The molecule has 1 N–H and O–H groups in total. The van der Waals surface area contributed by atoms with Gasteiger partial charge in [-0.2, -0.15) is 5.26 Å². The fourth-order valence-corrected chi connectivity index (χ4v) is 3.27. The Hall–Kier alpha value is -3.63. The molecule has 0 aromatic heterocycles. The molecule has 0 radical (unpaired) electrons. The van der Waals surface area contributed by atoms with Gasteiger partial charge in [0.1, 0.15) is 12.4 Å². The number of carbonyl (C=O) groups is 1. The lowest BCUT2D eigenvalue weighted by molar-refractivity contribution is 0.0697. The maximum absolute atomic E-state index is 13.8. The van der Waals surface area contributed by atoms with Gasteiger partial charge in [-0.1, -0.05) is 46.3 Å². The van der Waals surface area contributed by atoms with Crippen LogP contribution in [0.4, 0.5) is 4.39 Å². The van der Waals surface area contributed by atoms with Crippen LogP contribution in [0.3, 0.4) is 0 Å². The van der Waals surface area contributed by atoms with Crippen molar-refractivity contribution < 1.29 is 23.8 Å². The predicted octanol–water partition coefficient (Wildman–Crippen LogP) is 5.94. The molecule has 156 valence electrons. The molecule has 0 atom stereocenters. The standard InChI is InChI=1S/C24H17BrFNO4/c1-30-22-11-18(10-19(13-27)15-6-8-16(9-7-15)24(28)29)20(25)12-23(22)31-14-17-4-2-3-5-21(17)26/h2-12H,14H2,1H3,(H,28,29)/b19-10-. The van der Waals surface area contributed by atoms with Crippen molar-refractivity contribution in [3.05, 3.63) is 93.2 Å². The van der Waals surface area contributed by atoms with Crippen LogP contribution >= 0.6 is 15.9 Å². The minimum atomic E-state index is -1.03. The Balaban J connectivity index is 1.90. The van der Waals surface area contributed by atoms with E-state index in [2.05, 4.69) is 22.0 Å². The molecular weight excluding hydrogens is 465 g/mol. The van der Waals surface area contributed by atoms with Crippen molar-refractivity contribution in [2.24, 2.45) is 0 Å². The summed E-state index contributed by atoms with van der Waals surface area (Å²) in [6.07, 6.45) is 1.66. The van der Waals surface area contributed by atoms with Gasteiger partial charge in [-0.3, -0.25) is 0 Å². The average molecular weight is 482 g/mol. The van der Waals surface area contributed by atoms with Crippen LogP contribution in [0, 0.1) is 17.1 Å². The van der Waals surface area contributed by atoms with Crippen molar-refractivity contribution in [3.63, 3.8) is 0 Å². The van der Waals surface area contributed by atoms with Gasteiger partial charge in [0.15, 0.2) is 11.5 Å². The topological polar surface area (TPSA) is 79.5 Å². The molecular formula is C24H17BrFNO4. The van der Waals surface area contributed by atoms with E-state index in [-0.39, 0.29) is 18.0 Å². The van der Waals surface area contributed by atoms with E-state index in [0.717, 1.165) is 0 Å². The molecule has 7 heteroatoms. The van der Waals surface area contributed by atoms with Gasteiger partial charge in [-0.05, 0) is 47.5 Å². The first-order chi connectivity index (χ1) is 14.9. The van der Waals surface area contributed by atoms with Crippen LogP contribution in [0.15, 0.2) is 65.1 Å². The van der Waals surface area contributed by atoms with Gasteiger partial charge < -0.3 is 14.6 Å². The van der Waals surface area contributed by atoms with Crippen LogP contribution in [0.1, 0.15) is 27.0 Å². The maximum Gasteiger partial charge on any atom is 0.335 e. The van der Waals surface area contributed by atoms with Crippen molar-refractivity contribution in [1.29, 1.82) is 5.26 Å². The summed E-state index contributed by atoms with van der Waals surface area (Å²) in [7, 11) is 1.49. The number of carboxylic acids is 1. The zero-order valence-electron chi connectivity index (χ0n) is 16.4. The molecule has 3 aromatic carbocycles. The zero-order valence-corrected chi connectivity index (χ0v) is 18.0. The van der Waals surface area contributed by atoms with Crippen molar-refractivity contribution in [2.45, 2.75) is 6.61 Å². The molecule has 3 aromatic rings.